The van der Waals surface area contributed by atoms with Crippen LogP contribution in [0.4, 0.5) is 4.79 Å². The van der Waals surface area contributed by atoms with Crippen molar-refractivity contribution < 1.29 is 19.4 Å². The molecule has 1 aromatic heterocycles. The van der Waals surface area contributed by atoms with Crippen molar-refractivity contribution in [2.24, 2.45) is 0 Å². The first kappa shape index (κ1) is 14.9. The topological polar surface area (TPSA) is 101 Å². The first-order valence-electron chi connectivity index (χ1n) is 5.71. The van der Waals surface area contributed by atoms with Crippen LogP contribution in [-0.2, 0) is 16.1 Å². The number of pyridine rings is 1. The minimum Gasteiger partial charge on any atom is -0.479 e. The summed E-state index contributed by atoms with van der Waals surface area (Å²) in [5, 5.41) is 13.8. The van der Waals surface area contributed by atoms with Crippen LogP contribution in [0.5, 0.6) is 0 Å². The lowest BCUT2D eigenvalue weighted by Gasteiger charge is -2.12. The SMILES string of the molecule is COC(CNC(=O)NCc1cnccc1C)C(=O)O. The normalized spacial score (nSPS) is 11.7. The number of carbonyl (C=O) groups is 2. The lowest BCUT2D eigenvalue weighted by atomic mass is 10.2. The van der Waals surface area contributed by atoms with Crippen molar-refractivity contribution in [2.75, 3.05) is 13.7 Å². The molecule has 1 heterocycles. The van der Waals surface area contributed by atoms with Gasteiger partial charge in [0.05, 0.1) is 6.54 Å². The molecule has 1 unspecified atom stereocenters. The van der Waals surface area contributed by atoms with Gasteiger partial charge in [-0.3, -0.25) is 4.98 Å². The number of carboxylic acid groups (broad SMARTS) is 1. The molecule has 0 saturated carbocycles. The van der Waals surface area contributed by atoms with Crippen LogP contribution in [0.25, 0.3) is 0 Å². The number of hydrogen-bond donors (Lipinski definition) is 3. The summed E-state index contributed by atoms with van der Waals surface area (Å²) < 4.78 is 4.69. The maximum atomic E-state index is 11.5. The fourth-order valence-electron chi connectivity index (χ4n) is 1.38. The first-order valence-corrected chi connectivity index (χ1v) is 5.71. The molecular weight excluding hydrogens is 250 g/mol. The quantitative estimate of drug-likeness (QED) is 0.687. The van der Waals surface area contributed by atoms with Crippen LogP contribution in [0, 0.1) is 6.92 Å². The zero-order chi connectivity index (χ0) is 14.3. The lowest BCUT2D eigenvalue weighted by molar-refractivity contribution is -0.147. The van der Waals surface area contributed by atoms with Gasteiger partial charge in [-0.05, 0) is 24.1 Å². The maximum absolute atomic E-state index is 11.5. The number of nitrogens with one attached hydrogen (secondary N) is 2. The fraction of sp³-hybridized carbons (Fsp3) is 0.417. The number of aromatic nitrogens is 1. The van der Waals surface area contributed by atoms with Gasteiger partial charge in [0.2, 0.25) is 0 Å². The third-order valence-corrected chi connectivity index (χ3v) is 2.59. The number of ether oxygens (including phenoxy) is 1. The summed E-state index contributed by atoms with van der Waals surface area (Å²) in [6, 6.07) is 1.40. The molecule has 0 aliphatic heterocycles. The molecule has 104 valence electrons. The molecule has 1 rings (SSSR count). The highest BCUT2D eigenvalue weighted by Crippen LogP contribution is 2.03. The molecule has 0 fully saturated rings. The zero-order valence-electron chi connectivity index (χ0n) is 10.8. The van der Waals surface area contributed by atoms with Gasteiger partial charge in [0, 0.05) is 26.0 Å². The summed E-state index contributed by atoms with van der Waals surface area (Å²) in [5.41, 5.74) is 1.93. The highest BCUT2D eigenvalue weighted by Gasteiger charge is 2.16. The maximum Gasteiger partial charge on any atom is 0.334 e. The third-order valence-electron chi connectivity index (χ3n) is 2.59. The highest BCUT2D eigenvalue weighted by atomic mass is 16.5. The van der Waals surface area contributed by atoms with Gasteiger partial charge in [-0.1, -0.05) is 0 Å². The Labute approximate surface area is 111 Å². The second kappa shape index (κ2) is 7.32. The largest absolute Gasteiger partial charge is 0.479 e. The van der Waals surface area contributed by atoms with E-state index in [-0.39, 0.29) is 6.54 Å². The number of carbonyl (C=O) groups excluding carboxylic acids is 1. The van der Waals surface area contributed by atoms with E-state index < -0.39 is 18.1 Å². The van der Waals surface area contributed by atoms with Crippen molar-refractivity contribution in [2.45, 2.75) is 19.6 Å². The monoisotopic (exact) mass is 267 g/mol. The van der Waals surface area contributed by atoms with Crippen molar-refractivity contribution in [3.05, 3.63) is 29.6 Å². The number of rotatable bonds is 6. The minimum absolute atomic E-state index is 0.0936. The van der Waals surface area contributed by atoms with E-state index in [1.54, 1.807) is 12.4 Å². The standard InChI is InChI=1S/C12H17N3O4/c1-8-3-4-13-5-9(8)6-14-12(18)15-7-10(19-2)11(16)17/h3-5,10H,6-7H2,1-2H3,(H,16,17)(H2,14,15,18). The molecule has 3 N–H and O–H groups in total. The van der Waals surface area contributed by atoms with Crippen molar-refractivity contribution in [3.63, 3.8) is 0 Å². The summed E-state index contributed by atoms with van der Waals surface area (Å²) in [7, 11) is 1.28. The van der Waals surface area contributed by atoms with Gasteiger partial charge in [-0.2, -0.15) is 0 Å². The number of hydrogen-bond acceptors (Lipinski definition) is 4. The van der Waals surface area contributed by atoms with Gasteiger partial charge >= 0.3 is 12.0 Å². The Hall–Kier alpha value is -2.15. The van der Waals surface area contributed by atoms with Crippen LogP contribution < -0.4 is 10.6 Å². The van der Waals surface area contributed by atoms with Crippen LogP contribution in [0.3, 0.4) is 0 Å². The minimum atomic E-state index is -1.12. The second-order valence-corrected chi connectivity index (χ2v) is 3.93. The number of aryl methyl sites for hydroxylation is 1. The molecule has 0 aliphatic carbocycles. The fourth-order valence-corrected chi connectivity index (χ4v) is 1.38. The molecule has 19 heavy (non-hydrogen) atoms. The van der Waals surface area contributed by atoms with Crippen LogP contribution in [0.15, 0.2) is 18.5 Å². The Morgan fingerprint density at radius 3 is 2.79 bits per heavy atom. The second-order valence-electron chi connectivity index (χ2n) is 3.93. The Morgan fingerprint density at radius 2 is 2.21 bits per heavy atom. The Bertz CT molecular complexity index is 450. The van der Waals surface area contributed by atoms with E-state index in [2.05, 4.69) is 15.6 Å². The number of amides is 2. The molecule has 2 amide bonds. The summed E-state index contributed by atoms with van der Waals surface area (Å²) >= 11 is 0. The van der Waals surface area contributed by atoms with Gasteiger partial charge in [0.15, 0.2) is 6.10 Å². The molecular formula is C12H17N3O4. The smallest absolute Gasteiger partial charge is 0.334 e. The molecule has 0 spiro atoms. The summed E-state index contributed by atoms with van der Waals surface area (Å²) in [6.45, 7) is 2.15. The molecule has 0 aromatic carbocycles. The van der Waals surface area contributed by atoms with Crippen LogP contribution in [0.1, 0.15) is 11.1 Å². The van der Waals surface area contributed by atoms with Gasteiger partial charge < -0.3 is 20.5 Å². The summed E-state index contributed by atoms with van der Waals surface area (Å²) in [4.78, 5) is 26.1. The number of methoxy groups -OCH3 is 1. The average Bonchev–Trinajstić information content (AvgIpc) is 2.38. The van der Waals surface area contributed by atoms with E-state index in [0.29, 0.717) is 6.54 Å². The van der Waals surface area contributed by atoms with Crippen LogP contribution in [0.2, 0.25) is 0 Å². The molecule has 0 radical (unpaired) electrons. The van der Waals surface area contributed by atoms with E-state index in [1.807, 2.05) is 13.0 Å². The number of aliphatic carboxylic acids is 1. The third kappa shape index (κ3) is 4.92. The molecule has 0 saturated heterocycles. The van der Waals surface area contributed by atoms with Gasteiger partial charge in [-0.15, -0.1) is 0 Å². The zero-order valence-corrected chi connectivity index (χ0v) is 10.8. The van der Waals surface area contributed by atoms with Crippen LogP contribution >= 0.6 is 0 Å². The molecule has 7 heteroatoms. The average molecular weight is 267 g/mol. The Kier molecular flexibility index (Phi) is 5.74. The number of urea groups is 1. The van der Waals surface area contributed by atoms with Gasteiger partial charge in [0.1, 0.15) is 0 Å². The Balaban J connectivity index is 2.36. The van der Waals surface area contributed by atoms with Gasteiger partial charge in [0.25, 0.3) is 0 Å². The lowest BCUT2D eigenvalue weighted by Crippen LogP contribution is -2.42. The number of nitrogens with zero attached hydrogens (tertiary/aromatic N) is 1. The van der Waals surface area contributed by atoms with E-state index in [4.69, 9.17) is 9.84 Å². The van der Waals surface area contributed by atoms with E-state index in [9.17, 15) is 9.59 Å². The predicted molar refractivity (Wildman–Crippen MR) is 67.6 cm³/mol. The van der Waals surface area contributed by atoms with E-state index in [1.165, 1.54) is 7.11 Å². The first-order chi connectivity index (χ1) is 9.04. The van der Waals surface area contributed by atoms with E-state index >= 15 is 0 Å². The highest BCUT2D eigenvalue weighted by molar-refractivity contribution is 5.76. The van der Waals surface area contributed by atoms with E-state index in [0.717, 1.165) is 11.1 Å². The van der Waals surface area contributed by atoms with Crippen molar-refractivity contribution in [1.82, 2.24) is 15.6 Å². The predicted octanol–water partition coefficient (Wildman–Crippen LogP) is 0.289. The molecule has 0 bridgehead atoms. The van der Waals surface area contributed by atoms with Crippen molar-refractivity contribution >= 4 is 12.0 Å². The number of carboxylic acids is 1. The molecule has 0 aliphatic rings. The summed E-state index contributed by atoms with van der Waals surface area (Å²) in [6.07, 6.45) is 2.30. The van der Waals surface area contributed by atoms with Crippen LogP contribution in [-0.4, -0.2) is 41.8 Å². The Morgan fingerprint density at radius 1 is 1.47 bits per heavy atom. The molecule has 7 nitrogen and oxygen atoms in total. The van der Waals surface area contributed by atoms with Crippen molar-refractivity contribution in [3.8, 4) is 0 Å². The molecule has 1 atom stereocenters. The van der Waals surface area contributed by atoms with Crippen molar-refractivity contribution in [1.29, 1.82) is 0 Å². The molecule has 1 aromatic rings. The summed E-state index contributed by atoms with van der Waals surface area (Å²) in [5.74, 6) is -1.12. The van der Waals surface area contributed by atoms with Gasteiger partial charge in [-0.25, -0.2) is 9.59 Å².